The molecule has 0 bridgehead atoms. The molecule has 1 aliphatic rings. The lowest BCUT2D eigenvalue weighted by molar-refractivity contribution is 0.100. The molecule has 0 unspecified atom stereocenters. The number of aromatic amines is 1. The van der Waals surface area contributed by atoms with Gasteiger partial charge in [-0.2, -0.15) is 10.1 Å². The second-order valence-corrected chi connectivity index (χ2v) is 8.51. The molecule has 31 heavy (non-hydrogen) atoms. The maximum Gasteiger partial charge on any atom is 0.253 e. The highest BCUT2D eigenvalue weighted by molar-refractivity contribution is 6.11. The molecule has 1 aliphatic carbocycles. The Morgan fingerprint density at radius 3 is 2.71 bits per heavy atom. The quantitative estimate of drug-likeness (QED) is 0.390. The molecule has 1 amide bonds. The zero-order valence-electron chi connectivity index (χ0n) is 17.5. The monoisotopic (exact) mass is 419 g/mol. The highest BCUT2D eigenvalue weighted by atomic mass is 16.5. The Morgan fingerprint density at radius 1 is 1.26 bits per heavy atom. The van der Waals surface area contributed by atoms with Crippen LogP contribution in [0.15, 0.2) is 24.4 Å². The summed E-state index contributed by atoms with van der Waals surface area (Å²) in [5, 5.41) is 8.57. The first-order valence-electron chi connectivity index (χ1n) is 10.3. The zero-order chi connectivity index (χ0) is 21.9. The van der Waals surface area contributed by atoms with Crippen molar-refractivity contribution in [3.63, 3.8) is 0 Å². The number of nitrogens with zero attached hydrogens (tertiary/aromatic N) is 3. The number of aromatic nitrogens is 4. The van der Waals surface area contributed by atoms with Crippen LogP contribution in [-0.4, -0.2) is 37.8 Å². The number of fused-ring (bicyclic) bond motifs is 2. The van der Waals surface area contributed by atoms with Gasteiger partial charge in [-0.05, 0) is 50.8 Å². The van der Waals surface area contributed by atoms with Gasteiger partial charge in [0.2, 0.25) is 5.88 Å². The van der Waals surface area contributed by atoms with Crippen molar-refractivity contribution < 1.29 is 9.53 Å². The molecule has 4 aromatic rings. The van der Waals surface area contributed by atoms with Crippen molar-refractivity contribution in [2.24, 2.45) is 11.5 Å². The molecule has 1 saturated carbocycles. The second-order valence-electron chi connectivity index (χ2n) is 8.51. The van der Waals surface area contributed by atoms with Crippen LogP contribution in [-0.2, 0) is 0 Å². The summed E-state index contributed by atoms with van der Waals surface area (Å²) in [7, 11) is 0. The van der Waals surface area contributed by atoms with Gasteiger partial charge in [0, 0.05) is 16.3 Å². The van der Waals surface area contributed by atoms with Crippen LogP contribution >= 0.6 is 0 Å². The maximum atomic E-state index is 12.3. The number of anilines is 1. The van der Waals surface area contributed by atoms with Crippen LogP contribution in [0, 0.1) is 13.8 Å². The van der Waals surface area contributed by atoms with Crippen LogP contribution in [0.1, 0.15) is 40.7 Å². The minimum Gasteiger partial charge on any atom is -0.475 e. The smallest absolute Gasteiger partial charge is 0.253 e. The number of carbonyl (C=O) groups is 1. The highest BCUT2D eigenvalue weighted by Crippen LogP contribution is 2.37. The summed E-state index contributed by atoms with van der Waals surface area (Å²) in [6.45, 7) is 4.24. The van der Waals surface area contributed by atoms with E-state index in [1.807, 2.05) is 32.0 Å². The van der Waals surface area contributed by atoms with E-state index >= 15 is 0 Å². The second kappa shape index (κ2) is 6.71. The van der Waals surface area contributed by atoms with Crippen LogP contribution in [0.4, 0.5) is 5.82 Å². The topological polar surface area (TPSA) is 151 Å². The number of nitrogens with two attached hydrogens (primary N) is 3. The number of nitrogen functional groups attached to an aromatic ring is 1. The van der Waals surface area contributed by atoms with Gasteiger partial charge in [0.1, 0.15) is 12.4 Å². The Morgan fingerprint density at radius 2 is 2.03 bits per heavy atom. The molecule has 7 N–H and O–H groups in total. The normalized spacial score (nSPS) is 15.3. The minimum absolute atomic E-state index is 0.234. The van der Waals surface area contributed by atoms with Gasteiger partial charge in [-0.25, -0.2) is 0 Å². The number of H-pyrrole nitrogens is 1. The minimum atomic E-state index is -0.608. The van der Waals surface area contributed by atoms with Gasteiger partial charge in [-0.3, -0.25) is 14.5 Å². The van der Waals surface area contributed by atoms with E-state index in [9.17, 15) is 4.79 Å². The SMILES string of the molecule is Cc1cc2c(C(N)=O)c(N)n(-c3c(C)ccc4[nH]ncc34)c2nc1OCC1(N)CCC1. The van der Waals surface area contributed by atoms with Gasteiger partial charge in [0.15, 0.2) is 5.65 Å². The van der Waals surface area contributed by atoms with Crippen LogP contribution in [0.2, 0.25) is 0 Å². The fourth-order valence-corrected chi connectivity index (χ4v) is 4.33. The van der Waals surface area contributed by atoms with Crippen LogP contribution in [0.3, 0.4) is 0 Å². The first-order valence-corrected chi connectivity index (χ1v) is 10.3. The van der Waals surface area contributed by atoms with E-state index in [0.29, 0.717) is 23.5 Å². The van der Waals surface area contributed by atoms with Crippen molar-refractivity contribution in [1.82, 2.24) is 19.7 Å². The highest BCUT2D eigenvalue weighted by Gasteiger charge is 2.34. The third kappa shape index (κ3) is 2.92. The van der Waals surface area contributed by atoms with Crippen molar-refractivity contribution in [3.8, 4) is 11.6 Å². The number of hydrogen-bond donors (Lipinski definition) is 4. The van der Waals surface area contributed by atoms with Crippen molar-refractivity contribution in [2.75, 3.05) is 12.3 Å². The fourth-order valence-electron chi connectivity index (χ4n) is 4.33. The number of primary amides is 1. The van der Waals surface area contributed by atoms with E-state index in [1.54, 1.807) is 10.8 Å². The summed E-state index contributed by atoms with van der Waals surface area (Å²) >= 11 is 0. The zero-order valence-corrected chi connectivity index (χ0v) is 17.5. The Kier molecular flexibility index (Phi) is 4.19. The Bertz CT molecular complexity index is 1350. The van der Waals surface area contributed by atoms with E-state index in [4.69, 9.17) is 26.9 Å². The number of ether oxygens (including phenoxy) is 1. The van der Waals surface area contributed by atoms with Gasteiger partial charge in [0.25, 0.3) is 5.91 Å². The number of amides is 1. The molecule has 9 heteroatoms. The Labute approximate surface area is 178 Å². The van der Waals surface area contributed by atoms with Crippen LogP contribution in [0.25, 0.3) is 27.6 Å². The molecular formula is C22H25N7O2. The predicted octanol–water partition coefficient (Wildman–Crippen LogP) is 2.46. The number of carbonyl (C=O) groups excluding carboxylic acids is 1. The van der Waals surface area contributed by atoms with E-state index in [1.165, 1.54) is 0 Å². The van der Waals surface area contributed by atoms with Gasteiger partial charge in [0.05, 0.1) is 28.5 Å². The number of aryl methyl sites for hydroxylation is 2. The fraction of sp³-hybridized carbons (Fsp3) is 0.318. The maximum absolute atomic E-state index is 12.3. The third-order valence-corrected chi connectivity index (χ3v) is 6.24. The van der Waals surface area contributed by atoms with E-state index < -0.39 is 5.91 Å². The number of benzene rings is 1. The van der Waals surface area contributed by atoms with Crippen LogP contribution in [0.5, 0.6) is 5.88 Å². The average Bonchev–Trinajstić information content (AvgIpc) is 3.27. The number of rotatable bonds is 5. The van der Waals surface area contributed by atoms with Crippen molar-refractivity contribution >= 4 is 33.7 Å². The molecule has 0 radical (unpaired) electrons. The Balaban J connectivity index is 1.76. The molecule has 1 fully saturated rings. The molecule has 160 valence electrons. The molecule has 9 nitrogen and oxygen atoms in total. The summed E-state index contributed by atoms with van der Waals surface area (Å²) in [6, 6.07) is 5.76. The van der Waals surface area contributed by atoms with Crippen molar-refractivity contribution in [2.45, 2.75) is 38.6 Å². The number of hydrogen-bond acceptors (Lipinski definition) is 6. The largest absolute Gasteiger partial charge is 0.475 e. The third-order valence-electron chi connectivity index (χ3n) is 6.24. The van der Waals surface area contributed by atoms with Crippen LogP contribution < -0.4 is 21.9 Å². The molecule has 0 aliphatic heterocycles. The molecule has 5 rings (SSSR count). The van der Waals surface area contributed by atoms with Crippen molar-refractivity contribution in [3.05, 3.63) is 41.1 Å². The number of nitrogens with one attached hydrogen (secondary N) is 1. The van der Waals surface area contributed by atoms with Gasteiger partial charge >= 0.3 is 0 Å². The summed E-state index contributed by atoms with van der Waals surface area (Å²) in [5.41, 5.74) is 22.3. The van der Waals surface area contributed by atoms with Gasteiger partial charge in [-0.15, -0.1) is 0 Å². The summed E-state index contributed by atoms with van der Waals surface area (Å²) in [6.07, 6.45) is 4.71. The van der Waals surface area contributed by atoms with Gasteiger partial charge < -0.3 is 21.9 Å². The first-order chi connectivity index (χ1) is 14.8. The molecular weight excluding hydrogens is 394 g/mol. The molecule has 3 aromatic heterocycles. The molecule has 0 spiro atoms. The number of pyridine rings is 1. The predicted molar refractivity (Wildman–Crippen MR) is 119 cm³/mol. The average molecular weight is 419 g/mol. The van der Waals surface area contributed by atoms with E-state index in [-0.39, 0.29) is 16.9 Å². The lowest BCUT2D eigenvalue weighted by atomic mass is 9.78. The lowest BCUT2D eigenvalue weighted by Crippen LogP contribution is -2.51. The molecule has 0 atom stereocenters. The van der Waals surface area contributed by atoms with E-state index in [0.717, 1.165) is 47.0 Å². The Hall–Kier alpha value is -3.59. The molecule has 3 heterocycles. The van der Waals surface area contributed by atoms with Crippen molar-refractivity contribution in [1.29, 1.82) is 0 Å². The van der Waals surface area contributed by atoms with Gasteiger partial charge in [-0.1, -0.05) is 6.07 Å². The first kappa shape index (κ1) is 19.4. The summed E-state index contributed by atoms with van der Waals surface area (Å²) < 4.78 is 7.79. The van der Waals surface area contributed by atoms with E-state index in [2.05, 4.69) is 10.2 Å². The standard InChI is InChI=1S/C22H25N7O2/c1-11-4-5-15-14(9-26-28-15)17(11)29-18(23)16(19(24)30)13-8-12(2)21(27-20(13)29)31-10-22(25)6-3-7-22/h4-5,8-9H,3,6-7,10,23,25H2,1-2H3,(H2,24,30)(H,26,28). The summed E-state index contributed by atoms with van der Waals surface area (Å²) in [4.78, 5) is 17.1. The summed E-state index contributed by atoms with van der Waals surface area (Å²) in [5.74, 6) is 0.0946. The lowest BCUT2D eigenvalue weighted by Gasteiger charge is -2.37. The molecule has 0 saturated heterocycles. The molecule has 1 aromatic carbocycles.